The zero-order valence-corrected chi connectivity index (χ0v) is 8.48. The Bertz CT molecular complexity index is 240. The molecule has 68 valence electrons. The average Bonchev–Trinajstić information content (AvgIpc) is 2.30. The van der Waals surface area contributed by atoms with Crippen LogP contribution in [0.1, 0.15) is 38.7 Å². The Morgan fingerprint density at radius 2 is 1.92 bits per heavy atom. The van der Waals surface area contributed by atoms with Gasteiger partial charge >= 0.3 is 0 Å². The quantitative estimate of drug-likeness (QED) is 0.654. The number of rotatable bonds is 2. The van der Waals surface area contributed by atoms with E-state index in [0.717, 1.165) is 17.9 Å². The van der Waals surface area contributed by atoms with Gasteiger partial charge in [0.2, 0.25) is 0 Å². The van der Waals surface area contributed by atoms with Gasteiger partial charge in [-0.05, 0) is 30.9 Å². The van der Waals surface area contributed by atoms with Crippen LogP contribution in [0.2, 0.25) is 0 Å². The fraction of sp³-hybridized carbons (Fsp3) is 0.636. The van der Waals surface area contributed by atoms with Crippen LogP contribution in [0.3, 0.4) is 0 Å². The lowest BCUT2D eigenvalue weighted by atomic mass is 9.90. The first-order valence-corrected chi connectivity index (χ1v) is 4.53. The summed E-state index contributed by atoms with van der Waals surface area (Å²) in [6.45, 7) is 8.75. The van der Waals surface area contributed by atoms with Crippen molar-refractivity contribution < 1.29 is 4.42 Å². The number of furan rings is 1. The zero-order valence-electron chi connectivity index (χ0n) is 8.48. The predicted octanol–water partition coefficient (Wildman–Crippen LogP) is 3.57. The van der Waals surface area contributed by atoms with Crippen LogP contribution in [0, 0.1) is 12.3 Å². The van der Waals surface area contributed by atoms with Crippen LogP contribution in [0.15, 0.2) is 16.5 Å². The van der Waals surface area contributed by atoms with Crippen molar-refractivity contribution in [2.45, 2.75) is 40.5 Å². The lowest BCUT2D eigenvalue weighted by molar-refractivity contribution is 0.356. The summed E-state index contributed by atoms with van der Waals surface area (Å²) in [5.74, 6) is 2.13. The van der Waals surface area contributed by atoms with Gasteiger partial charge in [0.1, 0.15) is 11.5 Å². The van der Waals surface area contributed by atoms with Crippen LogP contribution >= 0.6 is 0 Å². The Balaban J connectivity index is 2.44. The molecule has 0 amide bonds. The van der Waals surface area contributed by atoms with Gasteiger partial charge in [-0.15, -0.1) is 0 Å². The molecule has 0 saturated carbocycles. The maximum absolute atomic E-state index is 5.48. The van der Waals surface area contributed by atoms with Crippen molar-refractivity contribution >= 4 is 0 Å². The van der Waals surface area contributed by atoms with Gasteiger partial charge in [-0.25, -0.2) is 0 Å². The van der Waals surface area contributed by atoms with Crippen LogP contribution in [0.5, 0.6) is 0 Å². The largest absolute Gasteiger partial charge is 0.466 e. The third-order valence-corrected chi connectivity index (χ3v) is 1.92. The molecule has 0 fully saturated rings. The minimum Gasteiger partial charge on any atom is -0.466 e. The second-order valence-corrected chi connectivity index (χ2v) is 4.57. The van der Waals surface area contributed by atoms with E-state index in [1.165, 1.54) is 6.42 Å². The monoisotopic (exact) mass is 166 g/mol. The third kappa shape index (κ3) is 3.12. The lowest BCUT2D eigenvalue weighted by Gasteiger charge is -2.16. The molecule has 12 heavy (non-hydrogen) atoms. The Hall–Kier alpha value is -0.720. The fourth-order valence-electron chi connectivity index (χ4n) is 1.12. The first-order chi connectivity index (χ1) is 5.47. The number of hydrogen-bond acceptors (Lipinski definition) is 1. The normalized spacial score (nSPS) is 12.0. The van der Waals surface area contributed by atoms with Crippen LogP contribution in [0.4, 0.5) is 0 Å². The Morgan fingerprint density at radius 3 is 2.33 bits per heavy atom. The first-order valence-electron chi connectivity index (χ1n) is 4.53. The molecule has 0 aromatic carbocycles. The summed E-state index contributed by atoms with van der Waals surface area (Å²) >= 11 is 0. The average molecular weight is 166 g/mol. The Kier molecular flexibility index (Phi) is 2.61. The smallest absolute Gasteiger partial charge is 0.104 e. The molecule has 0 aliphatic carbocycles. The molecule has 1 aromatic heterocycles. The van der Waals surface area contributed by atoms with Gasteiger partial charge < -0.3 is 4.42 Å². The molecule has 0 spiro atoms. The van der Waals surface area contributed by atoms with Gasteiger partial charge in [0.15, 0.2) is 0 Å². The standard InChI is InChI=1S/C11H18O/c1-9-5-6-10(12-9)7-8-11(2,3)4/h5-6H,7-8H2,1-4H3. The van der Waals surface area contributed by atoms with E-state index in [0.29, 0.717) is 5.41 Å². The van der Waals surface area contributed by atoms with Crippen molar-refractivity contribution in [2.75, 3.05) is 0 Å². The second kappa shape index (κ2) is 3.34. The molecule has 1 nitrogen and oxygen atoms in total. The molecule has 1 heterocycles. The minimum atomic E-state index is 0.403. The summed E-state index contributed by atoms with van der Waals surface area (Å²) < 4.78 is 5.48. The van der Waals surface area contributed by atoms with Crippen molar-refractivity contribution in [3.63, 3.8) is 0 Å². The first kappa shape index (κ1) is 9.37. The summed E-state index contributed by atoms with van der Waals surface area (Å²) in [4.78, 5) is 0. The highest BCUT2D eigenvalue weighted by molar-refractivity contribution is 5.05. The van der Waals surface area contributed by atoms with Gasteiger partial charge in [-0.1, -0.05) is 20.8 Å². The van der Waals surface area contributed by atoms with E-state index < -0.39 is 0 Å². The summed E-state index contributed by atoms with van der Waals surface area (Å²) in [6, 6.07) is 4.10. The summed E-state index contributed by atoms with van der Waals surface area (Å²) in [7, 11) is 0. The van der Waals surface area contributed by atoms with E-state index in [-0.39, 0.29) is 0 Å². The van der Waals surface area contributed by atoms with E-state index in [9.17, 15) is 0 Å². The molecule has 0 bridgehead atoms. The minimum absolute atomic E-state index is 0.403. The van der Waals surface area contributed by atoms with E-state index in [1.54, 1.807) is 0 Å². The second-order valence-electron chi connectivity index (χ2n) is 4.57. The molecule has 0 unspecified atom stereocenters. The van der Waals surface area contributed by atoms with Crippen molar-refractivity contribution in [3.05, 3.63) is 23.7 Å². The van der Waals surface area contributed by atoms with Crippen LogP contribution < -0.4 is 0 Å². The molecular weight excluding hydrogens is 148 g/mol. The highest BCUT2D eigenvalue weighted by Crippen LogP contribution is 2.21. The fourth-order valence-corrected chi connectivity index (χ4v) is 1.12. The molecule has 0 aliphatic rings. The van der Waals surface area contributed by atoms with E-state index in [4.69, 9.17) is 4.42 Å². The summed E-state index contributed by atoms with van der Waals surface area (Å²) in [5, 5.41) is 0. The van der Waals surface area contributed by atoms with Crippen molar-refractivity contribution in [1.29, 1.82) is 0 Å². The van der Waals surface area contributed by atoms with Crippen LogP contribution in [0.25, 0.3) is 0 Å². The molecular formula is C11H18O. The maximum Gasteiger partial charge on any atom is 0.104 e. The maximum atomic E-state index is 5.48. The molecule has 0 aliphatic heterocycles. The summed E-state index contributed by atoms with van der Waals surface area (Å²) in [6.07, 6.45) is 2.23. The number of hydrogen-bond donors (Lipinski definition) is 0. The molecule has 0 N–H and O–H groups in total. The summed E-state index contributed by atoms with van der Waals surface area (Å²) in [5.41, 5.74) is 0.403. The van der Waals surface area contributed by atoms with Gasteiger partial charge in [0.25, 0.3) is 0 Å². The van der Waals surface area contributed by atoms with Crippen LogP contribution in [-0.2, 0) is 6.42 Å². The van der Waals surface area contributed by atoms with Crippen molar-refractivity contribution in [2.24, 2.45) is 5.41 Å². The van der Waals surface area contributed by atoms with Gasteiger partial charge in [-0.2, -0.15) is 0 Å². The number of aryl methyl sites for hydroxylation is 2. The molecule has 1 aromatic rings. The molecule has 0 atom stereocenters. The highest BCUT2D eigenvalue weighted by Gasteiger charge is 2.10. The van der Waals surface area contributed by atoms with Gasteiger partial charge in [-0.3, -0.25) is 0 Å². The van der Waals surface area contributed by atoms with E-state index in [1.807, 2.05) is 13.0 Å². The van der Waals surface area contributed by atoms with E-state index >= 15 is 0 Å². The third-order valence-electron chi connectivity index (χ3n) is 1.92. The Morgan fingerprint density at radius 1 is 1.25 bits per heavy atom. The van der Waals surface area contributed by atoms with Crippen molar-refractivity contribution in [3.8, 4) is 0 Å². The van der Waals surface area contributed by atoms with E-state index in [2.05, 4.69) is 26.8 Å². The van der Waals surface area contributed by atoms with Crippen molar-refractivity contribution in [1.82, 2.24) is 0 Å². The lowest BCUT2D eigenvalue weighted by Crippen LogP contribution is -2.05. The predicted molar refractivity (Wildman–Crippen MR) is 51.2 cm³/mol. The molecule has 0 saturated heterocycles. The van der Waals surface area contributed by atoms with Gasteiger partial charge in [0.05, 0.1) is 0 Å². The topological polar surface area (TPSA) is 13.1 Å². The zero-order chi connectivity index (χ0) is 9.19. The molecule has 0 radical (unpaired) electrons. The molecule has 1 heteroatoms. The molecule has 1 rings (SSSR count). The highest BCUT2D eigenvalue weighted by atomic mass is 16.3. The van der Waals surface area contributed by atoms with Crippen LogP contribution in [-0.4, -0.2) is 0 Å². The Labute approximate surface area is 74.8 Å². The van der Waals surface area contributed by atoms with Gasteiger partial charge in [0, 0.05) is 6.42 Å². The SMILES string of the molecule is Cc1ccc(CCC(C)(C)C)o1.